The predicted octanol–water partition coefficient (Wildman–Crippen LogP) is 3.40. The molecule has 5 heteroatoms. The zero-order valence-corrected chi connectivity index (χ0v) is 11.7. The molecule has 3 aromatic rings. The van der Waals surface area contributed by atoms with Crippen LogP contribution >= 0.6 is 0 Å². The summed E-state index contributed by atoms with van der Waals surface area (Å²) in [4.78, 5) is 16.5. The van der Waals surface area contributed by atoms with E-state index in [9.17, 15) is 4.79 Å². The van der Waals surface area contributed by atoms with Crippen molar-refractivity contribution >= 4 is 22.7 Å². The third-order valence-electron chi connectivity index (χ3n) is 3.08. The van der Waals surface area contributed by atoms with Gasteiger partial charge in [-0.25, -0.2) is 4.98 Å². The molecule has 0 spiro atoms. The number of benzene rings is 1. The molecule has 0 unspecified atom stereocenters. The first-order valence-electron chi connectivity index (χ1n) is 6.48. The molecule has 0 saturated heterocycles. The van der Waals surface area contributed by atoms with Crippen molar-refractivity contribution in [2.75, 3.05) is 12.4 Å². The van der Waals surface area contributed by atoms with Gasteiger partial charge in [0.1, 0.15) is 11.3 Å². The summed E-state index contributed by atoms with van der Waals surface area (Å²) in [5.74, 6) is 0.658. The van der Waals surface area contributed by atoms with Crippen LogP contribution in [-0.2, 0) is 0 Å². The topological polar surface area (TPSA) is 64.4 Å². The van der Waals surface area contributed by atoms with Crippen LogP contribution in [0.2, 0.25) is 0 Å². The summed E-state index contributed by atoms with van der Waals surface area (Å²) < 4.78 is 10.6. The van der Waals surface area contributed by atoms with E-state index in [4.69, 9.17) is 9.15 Å². The van der Waals surface area contributed by atoms with Crippen LogP contribution < -0.4 is 10.1 Å². The van der Waals surface area contributed by atoms with Crippen LogP contribution in [0, 0.1) is 6.92 Å². The maximum absolute atomic E-state index is 12.2. The van der Waals surface area contributed by atoms with E-state index in [1.54, 1.807) is 37.4 Å². The number of fused-ring (bicyclic) bond motifs is 1. The lowest BCUT2D eigenvalue weighted by Crippen LogP contribution is -2.10. The highest BCUT2D eigenvalue weighted by Crippen LogP contribution is 2.20. The fraction of sp³-hybridized carbons (Fsp3) is 0.125. The molecule has 0 atom stereocenters. The number of nitrogens with zero attached hydrogens (tertiary/aromatic N) is 1. The highest BCUT2D eigenvalue weighted by molar-refractivity contribution is 6.04. The largest absolute Gasteiger partial charge is 0.497 e. The zero-order chi connectivity index (χ0) is 14.8. The Morgan fingerprint density at radius 3 is 2.67 bits per heavy atom. The first-order valence-corrected chi connectivity index (χ1v) is 6.48. The van der Waals surface area contributed by atoms with Crippen molar-refractivity contribution in [2.45, 2.75) is 6.92 Å². The van der Waals surface area contributed by atoms with Gasteiger partial charge in [-0.1, -0.05) is 0 Å². The number of aromatic nitrogens is 1. The number of ether oxygens (including phenoxy) is 1. The third kappa shape index (κ3) is 2.72. The number of pyridine rings is 1. The van der Waals surface area contributed by atoms with Crippen LogP contribution in [0.3, 0.4) is 0 Å². The van der Waals surface area contributed by atoms with Gasteiger partial charge in [0.15, 0.2) is 11.3 Å². The zero-order valence-electron chi connectivity index (χ0n) is 11.7. The fourth-order valence-corrected chi connectivity index (χ4v) is 2.00. The Morgan fingerprint density at radius 2 is 1.95 bits per heavy atom. The average molecular weight is 282 g/mol. The fourth-order valence-electron chi connectivity index (χ4n) is 2.00. The van der Waals surface area contributed by atoms with Gasteiger partial charge in [0, 0.05) is 17.4 Å². The van der Waals surface area contributed by atoms with Crippen LogP contribution in [-0.4, -0.2) is 18.0 Å². The Bertz CT molecular complexity index is 791. The molecule has 1 amide bonds. The number of furan rings is 1. The average Bonchev–Trinajstić information content (AvgIpc) is 2.91. The van der Waals surface area contributed by atoms with Gasteiger partial charge in [0.25, 0.3) is 5.91 Å². The van der Waals surface area contributed by atoms with Gasteiger partial charge in [-0.15, -0.1) is 0 Å². The normalized spacial score (nSPS) is 10.6. The highest BCUT2D eigenvalue weighted by Gasteiger charge is 2.13. The number of nitrogens with one attached hydrogen (secondary N) is 1. The number of methoxy groups -OCH3 is 1. The lowest BCUT2D eigenvalue weighted by molar-refractivity contribution is 0.0998. The minimum atomic E-state index is -0.309. The molecular formula is C16H14N2O3. The Kier molecular flexibility index (Phi) is 3.31. The van der Waals surface area contributed by atoms with E-state index in [0.717, 1.165) is 11.4 Å². The third-order valence-corrected chi connectivity index (χ3v) is 3.08. The maximum Gasteiger partial charge on any atom is 0.291 e. The minimum absolute atomic E-state index is 0.235. The molecule has 106 valence electrons. The lowest BCUT2D eigenvalue weighted by atomic mass is 10.3. The number of rotatable bonds is 3. The maximum atomic E-state index is 12.2. The van der Waals surface area contributed by atoms with Crippen molar-refractivity contribution < 1.29 is 13.9 Å². The van der Waals surface area contributed by atoms with E-state index in [1.807, 2.05) is 19.1 Å². The number of amides is 1. The van der Waals surface area contributed by atoms with Crippen molar-refractivity contribution in [3.63, 3.8) is 0 Å². The molecule has 1 N–H and O–H groups in total. The van der Waals surface area contributed by atoms with E-state index in [2.05, 4.69) is 10.3 Å². The molecule has 0 aliphatic carbocycles. The van der Waals surface area contributed by atoms with E-state index >= 15 is 0 Å². The number of hydrogen-bond donors (Lipinski definition) is 1. The first-order chi connectivity index (χ1) is 10.2. The van der Waals surface area contributed by atoms with Crippen molar-refractivity contribution in [1.82, 2.24) is 4.98 Å². The van der Waals surface area contributed by atoms with Crippen molar-refractivity contribution in [2.24, 2.45) is 0 Å². The predicted molar refractivity (Wildman–Crippen MR) is 79.7 cm³/mol. The summed E-state index contributed by atoms with van der Waals surface area (Å²) in [5.41, 5.74) is 2.83. The molecule has 1 aromatic carbocycles. The van der Waals surface area contributed by atoms with Gasteiger partial charge >= 0.3 is 0 Å². The van der Waals surface area contributed by atoms with Gasteiger partial charge in [-0.2, -0.15) is 0 Å². The van der Waals surface area contributed by atoms with Crippen molar-refractivity contribution in [3.8, 4) is 5.75 Å². The quantitative estimate of drug-likeness (QED) is 0.799. The molecular weight excluding hydrogens is 268 g/mol. The molecule has 0 radical (unpaired) electrons. The Balaban J connectivity index is 1.82. The molecule has 21 heavy (non-hydrogen) atoms. The summed E-state index contributed by atoms with van der Waals surface area (Å²) in [6, 6.07) is 12.4. The van der Waals surface area contributed by atoms with Crippen LogP contribution in [0.15, 0.2) is 46.9 Å². The molecule has 0 saturated carbocycles. The monoisotopic (exact) mass is 282 g/mol. The van der Waals surface area contributed by atoms with E-state index in [-0.39, 0.29) is 11.7 Å². The standard InChI is InChI=1S/C16H14N2O3/c1-10-3-8-14-13(17-10)9-15(21-14)16(19)18-11-4-6-12(20-2)7-5-11/h3-9H,1-2H3,(H,18,19). The molecule has 2 heterocycles. The van der Waals surface area contributed by atoms with Crippen LogP contribution in [0.1, 0.15) is 16.2 Å². The lowest BCUT2D eigenvalue weighted by Gasteiger charge is -2.04. The summed E-state index contributed by atoms with van der Waals surface area (Å²) in [6.07, 6.45) is 0. The summed E-state index contributed by atoms with van der Waals surface area (Å²) >= 11 is 0. The number of aryl methyl sites for hydroxylation is 1. The Morgan fingerprint density at radius 1 is 1.19 bits per heavy atom. The second-order valence-electron chi connectivity index (χ2n) is 4.63. The number of anilines is 1. The second-order valence-corrected chi connectivity index (χ2v) is 4.63. The number of hydrogen-bond acceptors (Lipinski definition) is 4. The SMILES string of the molecule is COc1ccc(NC(=O)c2cc3nc(C)ccc3o2)cc1. The smallest absolute Gasteiger partial charge is 0.291 e. The molecule has 2 aromatic heterocycles. The molecule has 5 nitrogen and oxygen atoms in total. The van der Waals surface area contributed by atoms with E-state index < -0.39 is 0 Å². The summed E-state index contributed by atoms with van der Waals surface area (Å²) in [5, 5.41) is 2.77. The van der Waals surface area contributed by atoms with Gasteiger partial charge in [0.2, 0.25) is 0 Å². The van der Waals surface area contributed by atoms with Crippen molar-refractivity contribution in [1.29, 1.82) is 0 Å². The number of carbonyl (C=O) groups excluding carboxylic acids is 1. The summed E-state index contributed by atoms with van der Waals surface area (Å²) in [7, 11) is 1.59. The van der Waals surface area contributed by atoms with E-state index in [0.29, 0.717) is 16.8 Å². The van der Waals surface area contributed by atoms with Gasteiger partial charge in [0.05, 0.1) is 7.11 Å². The molecule has 0 aliphatic heterocycles. The van der Waals surface area contributed by atoms with Crippen LogP contribution in [0.25, 0.3) is 11.1 Å². The Labute approximate surface area is 121 Å². The van der Waals surface area contributed by atoms with Gasteiger partial charge in [-0.05, 0) is 43.3 Å². The van der Waals surface area contributed by atoms with Gasteiger partial charge < -0.3 is 14.5 Å². The second kappa shape index (κ2) is 5.28. The van der Waals surface area contributed by atoms with Crippen LogP contribution in [0.4, 0.5) is 5.69 Å². The molecule has 0 bridgehead atoms. The number of carbonyl (C=O) groups is 1. The summed E-state index contributed by atoms with van der Waals surface area (Å²) in [6.45, 7) is 1.89. The molecule has 0 aliphatic rings. The highest BCUT2D eigenvalue weighted by atomic mass is 16.5. The Hall–Kier alpha value is -2.82. The van der Waals surface area contributed by atoms with Gasteiger partial charge in [-0.3, -0.25) is 4.79 Å². The molecule has 3 rings (SSSR count). The molecule has 0 fully saturated rings. The van der Waals surface area contributed by atoms with Crippen LogP contribution in [0.5, 0.6) is 5.75 Å². The van der Waals surface area contributed by atoms with Crippen molar-refractivity contribution in [3.05, 3.63) is 53.9 Å². The first kappa shape index (κ1) is 13.2. The minimum Gasteiger partial charge on any atom is -0.497 e. The van der Waals surface area contributed by atoms with E-state index in [1.165, 1.54) is 0 Å².